The Hall–Kier alpha value is -0.0400. The van der Waals surface area contributed by atoms with Gasteiger partial charge in [0.1, 0.15) is 0 Å². The van der Waals surface area contributed by atoms with Crippen LogP contribution in [0.2, 0.25) is 0 Å². The van der Waals surface area contributed by atoms with Crippen LogP contribution in [-0.4, -0.2) is 12.6 Å². The highest BCUT2D eigenvalue weighted by atomic mass is 14.9. The van der Waals surface area contributed by atoms with Gasteiger partial charge in [0.05, 0.1) is 0 Å². The van der Waals surface area contributed by atoms with Crippen molar-refractivity contribution in [2.45, 2.75) is 84.6 Å². The lowest BCUT2D eigenvalue weighted by Crippen LogP contribution is -2.40. The summed E-state index contributed by atoms with van der Waals surface area (Å²) in [7, 11) is 0. The molecule has 0 saturated heterocycles. The molecule has 1 heteroatoms. The summed E-state index contributed by atoms with van der Waals surface area (Å²) in [4.78, 5) is 0. The van der Waals surface area contributed by atoms with Crippen molar-refractivity contribution < 1.29 is 0 Å². The van der Waals surface area contributed by atoms with Gasteiger partial charge in [0, 0.05) is 6.04 Å². The number of rotatable bonds is 8. The van der Waals surface area contributed by atoms with E-state index in [0.29, 0.717) is 0 Å². The molecule has 1 fully saturated rings. The van der Waals surface area contributed by atoms with Crippen LogP contribution < -0.4 is 5.32 Å². The molecule has 1 saturated carbocycles. The third-order valence-corrected chi connectivity index (χ3v) is 4.64. The lowest BCUT2D eigenvalue weighted by Gasteiger charge is -2.34. The van der Waals surface area contributed by atoms with Crippen molar-refractivity contribution in [3.05, 3.63) is 0 Å². The van der Waals surface area contributed by atoms with Crippen LogP contribution in [0.5, 0.6) is 0 Å². The van der Waals surface area contributed by atoms with Gasteiger partial charge < -0.3 is 5.32 Å². The van der Waals surface area contributed by atoms with Gasteiger partial charge in [-0.05, 0) is 31.2 Å². The predicted octanol–water partition coefficient (Wildman–Crippen LogP) is 4.76. The van der Waals surface area contributed by atoms with Crippen molar-refractivity contribution in [2.75, 3.05) is 6.54 Å². The fraction of sp³-hybridized carbons (Fsp3) is 1.00. The highest BCUT2D eigenvalue weighted by Gasteiger charge is 2.25. The summed E-state index contributed by atoms with van der Waals surface area (Å²) in [5.41, 5.74) is 0. The van der Waals surface area contributed by atoms with E-state index in [2.05, 4.69) is 26.1 Å². The molecule has 0 aromatic carbocycles. The van der Waals surface area contributed by atoms with Crippen LogP contribution in [0.4, 0.5) is 0 Å². The van der Waals surface area contributed by atoms with Crippen molar-refractivity contribution in [3.63, 3.8) is 0 Å². The van der Waals surface area contributed by atoms with Crippen molar-refractivity contribution in [2.24, 2.45) is 11.8 Å². The molecule has 1 aliphatic carbocycles. The van der Waals surface area contributed by atoms with Crippen LogP contribution in [0.25, 0.3) is 0 Å². The highest BCUT2D eigenvalue weighted by molar-refractivity contribution is 4.81. The van der Waals surface area contributed by atoms with Crippen LogP contribution in [0, 0.1) is 11.8 Å². The summed E-state index contributed by atoms with van der Waals surface area (Å²) >= 11 is 0. The summed E-state index contributed by atoms with van der Waals surface area (Å²) in [5.74, 6) is 1.80. The molecule has 0 spiro atoms. The number of nitrogens with one attached hydrogen (secondary N) is 1. The molecule has 0 radical (unpaired) electrons. The van der Waals surface area contributed by atoms with E-state index in [1.165, 1.54) is 64.3 Å². The molecular formula is C16H33N. The maximum Gasteiger partial charge on any atom is 0.00952 e. The minimum atomic E-state index is 0.800. The molecular weight excluding hydrogens is 206 g/mol. The van der Waals surface area contributed by atoms with Gasteiger partial charge in [-0.3, -0.25) is 0 Å². The quantitative estimate of drug-likeness (QED) is 0.602. The van der Waals surface area contributed by atoms with Gasteiger partial charge in [0.2, 0.25) is 0 Å². The second-order valence-corrected chi connectivity index (χ2v) is 6.10. The first-order chi connectivity index (χ1) is 8.25. The first-order valence-electron chi connectivity index (χ1n) is 7.99. The third kappa shape index (κ3) is 5.90. The Balaban J connectivity index is 1.98. The Morgan fingerprint density at radius 3 is 2.41 bits per heavy atom. The molecule has 0 bridgehead atoms. The van der Waals surface area contributed by atoms with E-state index in [0.717, 1.165) is 17.9 Å². The fourth-order valence-corrected chi connectivity index (χ4v) is 3.06. The molecule has 3 atom stereocenters. The van der Waals surface area contributed by atoms with Gasteiger partial charge in [-0.25, -0.2) is 0 Å². The average Bonchev–Trinajstić information content (AvgIpc) is 2.33. The van der Waals surface area contributed by atoms with Crippen LogP contribution in [0.1, 0.15) is 78.6 Å². The molecule has 17 heavy (non-hydrogen) atoms. The number of hydrogen-bond donors (Lipinski definition) is 1. The summed E-state index contributed by atoms with van der Waals surface area (Å²) in [5, 5.41) is 3.79. The first-order valence-corrected chi connectivity index (χ1v) is 7.99. The highest BCUT2D eigenvalue weighted by Crippen LogP contribution is 2.29. The average molecular weight is 239 g/mol. The lowest BCUT2D eigenvalue weighted by atomic mass is 9.78. The van der Waals surface area contributed by atoms with E-state index in [9.17, 15) is 0 Å². The first kappa shape index (κ1) is 15.0. The smallest absolute Gasteiger partial charge is 0.00952 e. The molecule has 1 N–H and O–H groups in total. The Kier molecular flexibility index (Phi) is 7.92. The zero-order chi connectivity index (χ0) is 12.5. The van der Waals surface area contributed by atoms with E-state index in [-0.39, 0.29) is 0 Å². The second kappa shape index (κ2) is 8.97. The van der Waals surface area contributed by atoms with Gasteiger partial charge in [-0.1, -0.05) is 65.7 Å². The number of hydrogen-bond acceptors (Lipinski definition) is 1. The van der Waals surface area contributed by atoms with E-state index in [1.807, 2.05) is 0 Å². The standard InChI is InChI=1S/C16H33N/c1-4-5-6-7-8-9-13-17-16-12-10-11-14(2)15(16)3/h14-17H,4-13H2,1-3H3. The maximum atomic E-state index is 3.79. The fourth-order valence-electron chi connectivity index (χ4n) is 3.06. The molecule has 0 amide bonds. The molecule has 0 aliphatic heterocycles. The molecule has 0 aromatic rings. The second-order valence-electron chi connectivity index (χ2n) is 6.10. The van der Waals surface area contributed by atoms with Crippen LogP contribution >= 0.6 is 0 Å². The molecule has 1 rings (SSSR count). The van der Waals surface area contributed by atoms with Gasteiger partial charge in [0.25, 0.3) is 0 Å². The Labute approximate surface area is 109 Å². The van der Waals surface area contributed by atoms with Gasteiger partial charge in [-0.2, -0.15) is 0 Å². The summed E-state index contributed by atoms with van der Waals surface area (Å²) in [6.45, 7) is 8.38. The zero-order valence-electron chi connectivity index (χ0n) is 12.3. The predicted molar refractivity (Wildman–Crippen MR) is 77.3 cm³/mol. The third-order valence-electron chi connectivity index (χ3n) is 4.64. The Bertz CT molecular complexity index is 178. The molecule has 3 unspecified atom stereocenters. The van der Waals surface area contributed by atoms with Crippen molar-refractivity contribution in [3.8, 4) is 0 Å². The van der Waals surface area contributed by atoms with Gasteiger partial charge in [0.15, 0.2) is 0 Å². The van der Waals surface area contributed by atoms with Crippen LogP contribution in [0.3, 0.4) is 0 Å². The van der Waals surface area contributed by atoms with E-state index in [4.69, 9.17) is 0 Å². The summed E-state index contributed by atoms with van der Waals surface area (Å²) in [6.07, 6.45) is 12.7. The minimum absolute atomic E-state index is 0.800. The van der Waals surface area contributed by atoms with Crippen LogP contribution in [-0.2, 0) is 0 Å². The number of unbranched alkanes of at least 4 members (excludes halogenated alkanes) is 5. The largest absolute Gasteiger partial charge is 0.314 e. The molecule has 1 aliphatic rings. The van der Waals surface area contributed by atoms with E-state index >= 15 is 0 Å². The maximum absolute atomic E-state index is 3.79. The van der Waals surface area contributed by atoms with Gasteiger partial charge >= 0.3 is 0 Å². The topological polar surface area (TPSA) is 12.0 Å². The molecule has 0 heterocycles. The SMILES string of the molecule is CCCCCCCCNC1CCCC(C)C1C. The van der Waals surface area contributed by atoms with Crippen molar-refractivity contribution in [1.82, 2.24) is 5.32 Å². The van der Waals surface area contributed by atoms with Gasteiger partial charge in [-0.15, -0.1) is 0 Å². The molecule has 0 aromatic heterocycles. The normalized spacial score (nSPS) is 29.5. The Morgan fingerprint density at radius 2 is 1.65 bits per heavy atom. The van der Waals surface area contributed by atoms with E-state index < -0.39 is 0 Å². The Morgan fingerprint density at radius 1 is 0.941 bits per heavy atom. The monoisotopic (exact) mass is 239 g/mol. The molecule has 1 nitrogen and oxygen atoms in total. The lowest BCUT2D eigenvalue weighted by molar-refractivity contribution is 0.206. The van der Waals surface area contributed by atoms with E-state index in [1.54, 1.807) is 0 Å². The summed E-state index contributed by atoms with van der Waals surface area (Å²) in [6, 6.07) is 0.800. The van der Waals surface area contributed by atoms with Crippen LogP contribution in [0.15, 0.2) is 0 Å². The molecule has 102 valence electrons. The zero-order valence-corrected chi connectivity index (χ0v) is 12.3. The van der Waals surface area contributed by atoms with Crippen molar-refractivity contribution in [1.29, 1.82) is 0 Å². The van der Waals surface area contributed by atoms with Crippen molar-refractivity contribution >= 4 is 0 Å². The summed E-state index contributed by atoms with van der Waals surface area (Å²) < 4.78 is 0. The minimum Gasteiger partial charge on any atom is -0.314 e.